The molecule has 0 N–H and O–H groups in total. The van der Waals surface area contributed by atoms with Gasteiger partial charge in [0.15, 0.2) is 0 Å². The summed E-state index contributed by atoms with van der Waals surface area (Å²) in [7, 11) is -3.78. The average molecular weight is 489 g/mol. The fourth-order valence-electron chi connectivity index (χ4n) is 5.28. The van der Waals surface area contributed by atoms with Crippen molar-refractivity contribution in [2.24, 2.45) is 0 Å². The zero-order valence-electron chi connectivity index (χ0n) is 19.5. The summed E-state index contributed by atoms with van der Waals surface area (Å²) in [6.07, 6.45) is 2.07. The first-order valence-corrected chi connectivity index (χ1v) is 13.4. The first-order valence-electron chi connectivity index (χ1n) is 12.0. The van der Waals surface area contributed by atoms with E-state index in [1.165, 1.54) is 32.8 Å². The number of benzene rings is 3. The van der Waals surface area contributed by atoms with Gasteiger partial charge in [-0.25, -0.2) is 8.42 Å². The standard InChI is InChI=1S/C27H28N4O3S/c28-19-22-8-2-4-13-26(22)35(33,34)31-17-15-29(16-18-31)27(32)20-30-14-6-12-25(30)24-11-5-9-21-7-1-3-10-23(21)24/h1-5,7-11,13,25H,6,12,14-18,20H2. The van der Waals surface area contributed by atoms with Crippen molar-refractivity contribution >= 4 is 26.7 Å². The second-order valence-electron chi connectivity index (χ2n) is 9.09. The Hall–Kier alpha value is -3.25. The Balaban J connectivity index is 1.25. The Morgan fingerprint density at radius 1 is 0.914 bits per heavy atom. The highest BCUT2D eigenvalue weighted by Gasteiger charge is 2.34. The van der Waals surface area contributed by atoms with Crippen molar-refractivity contribution < 1.29 is 13.2 Å². The number of sulfonamides is 1. The number of amides is 1. The van der Waals surface area contributed by atoms with Gasteiger partial charge in [-0.15, -0.1) is 0 Å². The second kappa shape index (κ2) is 9.78. The Labute approximate surface area is 206 Å². The molecule has 1 atom stereocenters. The molecule has 0 spiro atoms. The van der Waals surface area contributed by atoms with Gasteiger partial charge in [0, 0.05) is 32.2 Å². The van der Waals surface area contributed by atoms with Gasteiger partial charge in [0.1, 0.15) is 6.07 Å². The number of carbonyl (C=O) groups is 1. The number of nitriles is 1. The van der Waals surface area contributed by atoms with Gasteiger partial charge in [0.05, 0.1) is 17.0 Å². The summed E-state index contributed by atoms with van der Waals surface area (Å²) < 4.78 is 27.6. The van der Waals surface area contributed by atoms with Crippen LogP contribution in [0, 0.1) is 11.3 Å². The SMILES string of the molecule is N#Cc1ccccc1S(=O)(=O)N1CCN(C(=O)CN2CCCC2c2cccc3ccccc23)CC1. The minimum Gasteiger partial charge on any atom is -0.339 e. The lowest BCUT2D eigenvalue weighted by atomic mass is 9.97. The molecule has 2 heterocycles. The van der Waals surface area contributed by atoms with E-state index in [2.05, 4.69) is 41.3 Å². The average Bonchev–Trinajstić information content (AvgIpc) is 3.36. The molecule has 35 heavy (non-hydrogen) atoms. The number of rotatable bonds is 5. The van der Waals surface area contributed by atoms with Gasteiger partial charge in [-0.05, 0) is 47.9 Å². The highest BCUT2D eigenvalue weighted by molar-refractivity contribution is 7.89. The molecule has 5 rings (SSSR count). The van der Waals surface area contributed by atoms with Crippen LogP contribution in [0.3, 0.4) is 0 Å². The van der Waals surface area contributed by atoms with Gasteiger partial charge in [0.25, 0.3) is 0 Å². The van der Waals surface area contributed by atoms with E-state index in [1.807, 2.05) is 12.1 Å². The van der Waals surface area contributed by atoms with E-state index in [0.29, 0.717) is 19.6 Å². The van der Waals surface area contributed by atoms with Crippen molar-refractivity contribution in [1.29, 1.82) is 5.26 Å². The molecule has 2 saturated heterocycles. The Morgan fingerprint density at radius 2 is 1.63 bits per heavy atom. The third kappa shape index (κ3) is 4.55. The highest BCUT2D eigenvalue weighted by atomic mass is 32.2. The molecule has 3 aromatic rings. The lowest BCUT2D eigenvalue weighted by Gasteiger charge is -2.35. The van der Waals surface area contributed by atoms with Crippen LogP contribution in [-0.2, 0) is 14.8 Å². The minimum absolute atomic E-state index is 0.0253. The number of piperazine rings is 1. The zero-order valence-corrected chi connectivity index (χ0v) is 20.3. The molecule has 0 aliphatic carbocycles. The van der Waals surface area contributed by atoms with Crippen LogP contribution in [0.1, 0.15) is 30.0 Å². The topological polar surface area (TPSA) is 84.7 Å². The van der Waals surface area contributed by atoms with Gasteiger partial charge in [-0.1, -0.05) is 54.6 Å². The number of carbonyl (C=O) groups excluding carboxylic acids is 1. The smallest absolute Gasteiger partial charge is 0.244 e. The molecule has 7 nitrogen and oxygen atoms in total. The van der Waals surface area contributed by atoms with E-state index in [1.54, 1.807) is 17.0 Å². The third-order valence-electron chi connectivity index (χ3n) is 7.10. The van der Waals surface area contributed by atoms with Gasteiger partial charge in [-0.3, -0.25) is 9.69 Å². The number of nitrogens with zero attached hydrogens (tertiary/aromatic N) is 4. The molecule has 8 heteroatoms. The third-order valence-corrected chi connectivity index (χ3v) is 9.06. The summed E-state index contributed by atoms with van der Waals surface area (Å²) in [6, 6.07) is 23.1. The Bertz CT molecular complexity index is 1390. The van der Waals surface area contributed by atoms with Crippen LogP contribution in [0.2, 0.25) is 0 Å². The maximum absolute atomic E-state index is 13.2. The van der Waals surface area contributed by atoms with Crippen molar-refractivity contribution in [3.05, 3.63) is 77.9 Å². The highest BCUT2D eigenvalue weighted by Crippen LogP contribution is 2.35. The maximum Gasteiger partial charge on any atom is 0.244 e. The van der Waals surface area contributed by atoms with E-state index in [4.69, 9.17) is 0 Å². The van der Waals surface area contributed by atoms with Crippen molar-refractivity contribution in [1.82, 2.24) is 14.1 Å². The van der Waals surface area contributed by atoms with Crippen molar-refractivity contribution in [2.45, 2.75) is 23.8 Å². The molecule has 2 aliphatic heterocycles. The predicted octanol–water partition coefficient (Wildman–Crippen LogP) is 3.38. The second-order valence-corrected chi connectivity index (χ2v) is 11.0. The molecule has 1 amide bonds. The minimum atomic E-state index is -3.78. The Morgan fingerprint density at radius 3 is 2.43 bits per heavy atom. The molecule has 0 bridgehead atoms. The largest absolute Gasteiger partial charge is 0.339 e. The van der Waals surface area contributed by atoms with Crippen LogP contribution in [0.15, 0.2) is 71.6 Å². The monoisotopic (exact) mass is 488 g/mol. The van der Waals surface area contributed by atoms with Crippen molar-refractivity contribution in [3.8, 4) is 6.07 Å². The van der Waals surface area contributed by atoms with Gasteiger partial charge < -0.3 is 4.90 Å². The Kier molecular flexibility index (Phi) is 6.56. The fraction of sp³-hybridized carbons (Fsp3) is 0.333. The van der Waals surface area contributed by atoms with Crippen molar-refractivity contribution in [3.63, 3.8) is 0 Å². The quantitative estimate of drug-likeness (QED) is 0.550. The van der Waals surface area contributed by atoms with Gasteiger partial charge >= 0.3 is 0 Å². The fourth-order valence-corrected chi connectivity index (χ4v) is 6.85. The molecule has 180 valence electrons. The number of hydrogen-bond acceptors (Lipinski definition) is 5. The predicted molar refractivity (Wildman–Crippen MR) is 134 cm³/mol. The molecule has 2 aliphatic rings. The summed E-state index contributed by atoms with van der Waals surface area (Å²) in [6.45, 7) is 2.34. The molecular formula is C27H28N4O3S. The van der Waals surface area contributed by atoms with E-state index >= 15 is 0 Å². The summed E-state index contributed by atoms with van der Waals surface area (Å²) >= 11 is 0. The zero-order chi connectivity index (χ0) is 24.4. The normalized spacial score (nSPS) is 19.6. The van der Waals surface area contributed by atoms with Crippen LogP contribution >= 0.6 is 0 Å². The van der Waals surface area contributed by atoms with Crippen molar-refractivity contribution in [2.75, 3.05) is 39.3 Å². The molecule has 1 unspecified atom stereocenters. The van der Waals surface area contributed by atoms with E-state index in [0.717, 1.165) is 19.4 Å². The van der Waals surface area contributed by atoms with Gasteiger partial charge in [-0.2, -0.15) is 9.57 Å². The molecule has 0 aromatic heterocycles. The summed E-state index contributed by atoms with van der Waals surface area (Å²) in [5.41, 5.74) is 1.40. The number of hydrogen-bond donors (Lipinski definition) is 0. The molecule has 2 fully saturated rings. The first-order chi connectivity index (χ1) is 17.0. The van der Waals surface area contributed by atoms with Crippen LogP contribution in [0.5, 0.6) is 0 Å². The van der Waals surface area contributed by atoms with E-state index in [-0.39, 0.29) is 35.5 Å². The summed E-state index contributed by atoms with van der Waals surface area (Å²) in [4.78, 5) is 17.2. The molecule has 3 aromatic carbocycles. The molecule has 0 radical (unpaired) electrons. The lowest BCUT2D eigenvalue weighted by Crippen LogP contribution is -2.52. The first kappa shape index (κ1) is 23.5. The maximum atomic E-state index is 13.2. The number of likely N-dealkylation sites (tertiary alicyclic amines) is 1. The van der Waals surface area contributed by atoms with E-state index < -0.39 is 10.0 Å². The number of fused-ring (bicyclic) bond motifs is 1. The van der Waals surface area contributed by atoms with Crippen LogP contribution in [0.25, 0.3) is 10.8 Å². The van der Waals surface area contributed by atoms with Crippen LogP contribution < -0.4 is 0 Å². The summed E-state index contributed by atoms with van der Waals surface area (Å²) in [5.74, 6) is 0.0339. The molecular weight excluding hydrogens is 460 g/mol. The van der Waals surface area contributed by atoms with E-state index in [9.17, 15) is 18.5 Å². The lowest BCUT2D eigenvalue weighted by molar-refractivity contribution is -0.133. The molecule has 0 saturated carbocycles. The van der Waals surface area contributed by atoms with Gasteiger partial charge in [0.2, 0.25) is 15.9 Å². The summed E-state index contributed by atoms with van der Waals surface area (Å²) in [5, 5.41) is 11.7. The van der Waals surface area contributed by atoms with Crippen LogP contribution in [-0.4, -0.2) is 67.7 Å². The van der Waals surface area contributed by atoms with Crippen LogP contribution in [0.4, 0.5) is 0 Å².